The van der Waals surface area contributed by atoms with E-state index in [-0.39, 0.29) is 25.1 Å². The molecule has 0 radical (unpaired) electrons. The first-order chi connectivity index (χ1) is 9.41. The summed E-state index contributed by atoms with van der Waals surface area (Å²) >= 11 is 31.5. The van der Waals surface area contributed by atoms with Crippen LogP contribution in [0.2, 0.25) is 25.1 Å². The molecule has 0 aliphatic heterocycles. The van der Waals surface area contributed by atoms with E-state index in [1.165, 1.54) is 17.5 Å². The van der Waals surface area contributed by atoms with Gasteiger partial charge in [-0.25, -0.2) is 0 Å². The third-order valence-corrected chi connectivity index (χ3v) is 5.94. The van der Waals surface area contributed by atoms with E-state index in [4.69, 9.17) is 58.0 Å². The van der Waals surface area contributed by atoms with E-state index in [2.05, 4.69) is 4.72 Å². The maximum atomic E-state index is 6.15. The minimum atomic E-state index is 0.156. The average Bonchev–Trinajstić information content (AvgIpc) is 2.45. The van der Waals surface area contributed by atoms with Crippen LogP contribution in [0, 0.1) is 6.92 Å². The van der Waals surface area contributed by atoms with Gasteiger partial charge in [-0.05, 0) is 31.0 Å². The van der Waals surface area contributed by atoms with E-state index >= 15 is 0 Å². The highest BCUT2D eigenvalue weighted by atomic mass is 35.5. The minimum absolute atomic E-state index is 0.156. The van der Waals surface area contributed by atoms with Crippen LogP contribution in [-0.4, -0.2) is 0 Å². The van der Waals surface area contributed by atoms with E-state index in [1.54, 1.807) is 0 Å². The normalized spacial score (nSPS) is 10.7. The molecular weight excluding hydrogens is 379 g/mol. The van der Waals surface area contributed by atoms with Gasteiger partial charge < -0.3 is 4.72 Å². The minimum Gasteiger partial charge on any atom is -0.326 e. The van der Waals surface area contributed by atoms with E-state index in [0.29, 0.717) is 4.90 Å². The van der Waals surface area contributed by atoms with Crippen LogP contribution in [0.4, 0.5) is 5.69 Å². The molecule has 0 saturated heterocycles. The Morgan fingerprint density at radius 1 is 0.750 bits per heavy atom. The van der Waals surface area contributed by atoms with Crippen molar-refractivity contribution in [3.63, 3.8) is 0 Å². The molecule has 7 heteroatoms. The molecule has 1 N–H and O–H groups in total. The fourth-order valence-corrected chi connectivity index (χ4v) is 3.63. The zero-order valence-corrected chi connectivity index (χ0v) is 14.7. The summed E-state index contributed by atoms with van der Waals surface area (Å²) in [6.45, 7) is 2.02. The number of anilines is 1. The quantitative estimate of drug-likeness (QED) is 0.335. The first-order valence-electron chi connectivity index (χ1n) is 5.42. The summed E-state index contributed by atoms with van der Waals surface area (Å²) in [7, 11) is 0. The monoisotopic (exact) mass is 385 g/mol. The number of nitrogens with one attached hydrogen (secondary N) is 1. The van der Waals surface area contributed by atoms with E-state index < -0.39 is 0 Å². The van der Waals surface area contributed by atoms with Crippen LogP contribution in [0.15, 0.2) is 29.2 Å². The number of rotatable bonds is 3. The van der Waals surface area contributed by atoms with Crippen molar-refractivity contribution < 1.29 is 0 Å². The molecule has 0 spiro atoms. The lowest BCUT2D eigenvalue weighted by Gasteiger charge is -2.12. The van der Waals surface area contributed by atoms with Gasteiger partial charge in [0, 0.05) is 5.69 Å². The Morgan fingerprint density at radius 3 is 1.70 bits per heavy atom. The molecule has 2 aromatic carbocycles. The van der Waals surface area contributed by atoms with E-state index in [0.717, 1.165) is 5.69 Å². The molecule has 0 bridgehead atoms. The Morgan fingerprint density at radius 2 is 1.20 bits per heavy atom. The smallest absolute Gasteiger partial charge is 0.0809 e. The fraction of sp³-hybridized carbons (Fsp3) is 0.0769. The first-order valence-corrected chi connectivity index (χ1v) is 8.13. The van der Waals surface area contributed by atoms with Crippen LogP contribution in [0.3, 0.4) is 0 Å². The average molecular weight is 388 g/mol. The Bertz CT molecular complexity index is 613. The molecule has 0 amide bonds. The zero-order chi connectivity index (χ0) is 14.9. The molecular formula is C13H8Cl5NS. The van der Waals surface area contributed by atoms with Crippen molar-refractivity contribution in [2.75, 3.05) is 4.72 Å². The number of aryl methyl sites for hydroxylation is 1. The van der Waals surface area contributed by atoms with Crippen molar-refractivity contribution in [3.05, 3.63) is 54.9 Å². The second-order valence-electron chi connectivity index (χ2n) is 3.97. The highest BCUT2D eigenvalue weighted by Crippen LogP contribution is 2.47. The summed E-state index contributed by atoms with van der Waals surface area (Å²) in [5, 5.41) is 1.08. The lowest BCUT2D eigenvalue weighted by Crippen LogP contribution is -1.90. The van der Waals surface area contributed by atoms with Gasteiger partial charge in [-0.1, -0.05) is 75.7 Å². The van der Waals surface area contributed by atoms with E-state index in [1.807, 2.05) is 31.2 Å². The van der Waals surface area contributed by atoms with Crippen LogP contribution in [0.25, 0.3) is 0 Å². The molecule has 0 aliphatic rings. The van der Waals surface area contributed by atoms with Crippen molar-refractivity contribution >= 4 is 75.6 Å². The lowest BCUT2D eigenvalue weighted by molar-refractivity contribution is 1.45. The Kier molecular flexibility index (Phi) is 5.63. The number of hydrogen-bond donors (Lipinski definition) is 1. The predicted molar refractivity (Wildman–Crippen MR) is 92.2 cm³/mol. The summed E-state index contributed by atoms with van der Waals surface area (Å²) in [5.74, 6) is 0. The molecule has 0 heterocycles. The Balaban J connectivity index is 2.28. The molecule has 0 aromatic heterocycles. The summed E-state index contributed by atoms with van der Waals surface area (Å²) in [4.78, 5) is 0.535. The number of benzene rings is 2. The Hall–Kier alpha value is 0.0400. The molecule has 0 aliphatic carbocycles. The fourth-order valence-electron chi connectivity index (χ4n) is 1.41. The summed E-state index contributed by atoms with van der Waals surface area (Å²) in [6.07, 6.45) is 0. The molecule has 0 fully saturated rings. The zero-order valence-electron chi connectivity index (χ0n) is 10.1. The van der Waals surface area contributed by atoms with Gasteiger partial charge in [-0.2, -0.15) is 0 Å². The first kappa shape index (κ1) is 16.4. The topological polar surface area (TPSA) is 12.0 Å². The van der Waals surface area contributed by atoms with Crippen LogP contribution in [0.1, 0.15) is 5.56 Å². The second kappa shape index (κ2) is 6.87. The maximum absolute atomic E-state index is 6.15. The van der Waals surface area contributed by atoms with Gasteiger partial charge in [-0.15, -0.1) is 0 Å². The summed E-state index contributed by atoms with van der Waals surface area (Å²) in [6, 6.07) is 7.88. The van der Waals surface area contributed by atoms with Crippen molar-refractivity contribution in [3.8, 4) is 0 Å². The van der Waals surface area contributed by atoms with Gasteiger partial charge in [0.2, 0.25) is 0 Å². The molecule has 0 saturated carbocycles. The van der Waals surface area contributed by atoms with Crippen LogP contribution >= 0.6 is 70.0 Å². The lowest BCUT2D eigenvalue weighted by atomic mass is 10.2. The molecule has 1 nitrogen and oxygen atoms in total. The highest BCUT2D eigenvalue weighted by molar-refractivity contribution is 8.00. The molecule has 20 heavy (non-hydrogen) atoms. The Labute approximate surface area is 146 Å². The summed E-state index contributed by atoms with van der Waals surface area (Å²) in [5.41, 5.74) is 2.09. The molecule has 0 atom stereocenters. The van der Waals surface area contributed by atoms with Gasteiger partial charge in [0.1, 0.15) is 0 Å². The summed E-state index contributed by atoms with van der Waals surface area (Å²) < 4.78 is 3.13. The third kappa shape index (κ3) is 3.44. The van der Waals surface area contributed by atoms with Gasteiger partial charge in [-0.3, -0.25) is 0 Å². The van der Waals surface area contributed by atoms with E-state index in [9.17, 15) is 0 Å². The largest absolute Gasteiger partial charge is 0.326 e. The van der Waals surface area contributed by atoms with Crippen molar-refractivity contribution in [1.82, 2.24) is 0 Å². The van der Waals surface area contributed by atoms with Crippen molar-refractivity contribution in [2.45, 2.75) is 11.8 Å². The van der Waals surface area contributed by atoms with Gasteiger partial charge in [0.25, 0.3) is 0 Å². The van der Waals surface area contributed by atoms with Crippen molar-refractivity contribution in [2.24, 2.45) is 0 Å². The standard InChI is InChI=1S/C13H8Cl5NS/c1-6-2-4-7(5-3-6)19-20-13-11(17)9(15)8(14)10(16)12(13)18/h2-5,19H,1H3. The predicted octanol–water partition coefficient (Wildman–Crippen LogP) is 7.38. The number of hydrogen-bond acceptors (Lipinski definition) is 2. The highest BCUT2D eigenvalue weighted by Gasteiger charge is 2.19. The SMILES string of the molecule is Cc1ccc(NSc2c(Cl)c(Cl)c(Cl)c(Cl)c2Cl)cc1. The molecule has 2 aromatic rings. The van der Waals surface area contributed by atoms with Gasteiger partial charge in [0.15, 0.2) is 0 Å². The molecule has 106 valence electrons. The number of halogens is 5. The maximum Gasteiger partial charge on any atom is 0.0809 e. The van der Waals surface area contributed by atoms with Gasteiger partial charge in [0.05, 0.1) is 30.0 Å². The molecule has 0 unspecified atom stereocenters. The van der Waals surface area contributed by atoms with Crippen LogP contribution in [-0.2, 0) is 0 Å². The van der Waals surface area contributed by atoms with Crippen molar-refractivity contribution in [1.29, 1.82) is 0 Å². The molecule has 2 rings (SSSR count). The second-order valence-corrected chi connectivity index (χ2v) is 6.68. The van der Waals surface area contributed by atoms with Crippen LogP contribution in [0.5, 0.6) is 0 Å². The van der Waals surface area contributed by atoms with Crippen LogP contribution < -0.4 is 4.72 Å². The third-order valence-electron chi connectivity index (χ3n) is 2.49. The van der Waals surface area contributed by atoms with Gasteiger partial charge >= 0.3 is 0 Å².